The van der Waals surface area contributed by atoms with Crippen LogP contribution in [0.15, 0.2) is 60.8 Å². The lowest BCUT2D eigenvalue weighted by Crippen LogP contribution is -2.38. The highest BCUT2D eigenvalue weighted by Crippen LogP contribution is 2.44. The second-order valence-corrected chi connectivity index (χ2v) is 10.7. The first-order valence-electron chi connectivity index (χ1n) is 12.2. The number of anilines is 1. The molecule has 6 rings (SSSR count). The van der Waals surface area contributed by atoms with E-state index in [1.165, 1.54) is 46.0 Å². The summed E-state index contributed by atoms with van der Waals surface area (Å²) in [7, 11) is 0. The smallest absolute Gasteiger partial charge is 0.310 e. The van der Waals surface area contributed by atoms with E-state index in [0.29, 0.717) is 6.54 Å². The van der Waals surface area contributed by atoms with Crippen LogP contribution in [0.3, 0.4) is 0 Å². The lowest BCUT2D eigenvalue weighted by atomic mass is 9.95. The van der Waals surface area contributed by atoms with Gasteiger partial charge in [-0.25, -0.2) is 9.18 Å². The number of amides is 2. The molecule has 2 amide bonds. The Morgan fingerprint density at radius 2 is 1.83 bits per heavy atom. The number of nitrogens with one attached hydrogen (secondary N) is 1. The van der Waals surface area contributed by atoms with Crippen molar-refractivity contribution in [3.63, 3.8) is 0 Å². The van der Waals surface area contributed by atoms with Crippen LogP contribution in [0, 0.1) is 19.7 Å². The van der Waals surface area contributed by atoms with E-state index in [4.69, 9.17) is 0 Å². The SMILES string of the molecule is Cc1ccc(NC(=O)N2Cc3c(sc4c3CCCC4)-n3cccc3C2c2ccc(F)cc2)c(C)c1. The van der Waals surface area contributed by atoms with Gasteiger partial charge in [0.05, 0.1) is 18.3 Å². The molecule has 0 spiro atoms. The molecule has 1 N–H and O–H groups in total. The van der Waals surface area contributed by atoms with Crippen LogP contribution in [-0.4, -0.2) is 15.5 Å². The van der Waals surface area contributed by atoms with E-state index in [2.05, 4.69) is 28.2 Å². The molecule has 0 bridgehead atoms. The Bertz CT molecular complexity index is 1420. The second kappa shape index (κ2) is 8.68. The number of carbonyl (C=O) groups excluding carboxylic acids is 1. The largest absolute Gasteiger partial charge is 0.322 e. The number of benzene rings is 2. The summed E-state index contributed by atoms with van der Waals surface area (Å²) in [6, 6.07) is 16.2. The van der Waals surface area contributed by atoms with Crippen LogP contribution in [0.25, 0.3) is 5.00 Å². The molecule has 0 radical (unpaired) electrons. The van der Waals surface area contributed by atoms with E-state index >= 15 is 0 Å². The highest BCUT2D eigenvalue weighted by atomic mass is 32.1. The summed E-state index contributed by atoms with van der Waals surface area (Å²) in [5, 5.41) is 4.39. The van der Waals surface area contributed by atoms with Gasteiger partial charge < -0.3 is 14.8 Å². The first kappa shape index (κ1) is 22.1. The molecule has 1 atom stereocenters. The van der Waals surface area contributed by atoms with Gasteiger partial charge in [0.1, 0.15) is 10.8 Å². The van der Waals surface area contributed by atoms with Crippen LogP contribution in [0.2, 0.25) is 0 Å². The standard InChI is InChI=1S/C29H28FN3OS/c1-18-9-14-24(19(2)16-18)31-29(34)33-17-23-22-6-3-4-8-26(22)35-28(23)32-15-5-7-25(32)27(33)20-10-12-21(30)13-11-20/h5,7,9-16,27H,3-4,6,8,17H2,1-2H3,(H,31,34). The van der Waals surface area contributed by atoms with Crippen molar-refractivity contribution >= 4 is 23.1 Å². The van der Waals surface area contributed by atoms with Crippen molar-refractivity contribution in [2.75, 3.05) is 5.32 Å². The van der Waals surface area contributed by atoms with Crippen LogP contribution in [0.4, 0.5) is 14.9 Å². The van der Waals surface area contributed by atoms with Crippen molar-refractivity contribution in [3.8, 4) is 5.00 Å². The average molecular weight is 486 g/mol. The van der Waals surface area contributed by atoms with E-state index in [-0.39, 0.29) is 17.9 Å². The molecule has 1 aliphatic heterocycles. The molecule has 0 fully saturated rings. The van der Waals surface area contributed by atoms with Crippen molar-refractivity contribution in [3.05, 3.63) is 105 Å². The number of rotatable bonds is 2. The number of fused-ring (bicyclic) bond motifs is 5. The average Bonchev–Trinajstić information content (AvgIpc) is 3.43. The van der Waals surface area contributed by atoms with Crippen LogP contribution >= 0.6 is 11.3 Å². The topological polar surface area (TPSA) is 37.3 Å². The quantitative estimate of drug-likeness (QED) is 0.318. The van der Waals surface area contributed by atoms with Gasteiger partial charge in [0.25, 0.3) is 0 Å². The molecular weight excluding hydrogens is 457 g/mol. The molecule has 178 valence electrons. The van der Waals surface area contributed by atoms with E-state index in [1.807, 2.05) is 48.3 Å². The summed E-state index contributed by atoms with van der Waals surface area (Å²) < 4.78 is 16.1. The summed E-state index contributed by atoms with van der Waals surface area (Å²) in [5.41, 5.74) is 7.58. The maximum Gasteiger partial charge on any atom is 0.322 e. The maximum atomic E-state index is 14.0. The third-order valence-electron chi connectivity index (χ3n) is 7.25. The van der Waals surface area contributed by atoms with Gasteiger partial charge in [-0.2, -0.15) is 0 Å². The summed E-state index contributed by atoms with van der Waals surface area (Å²) in [6.07, 6.45) is 6.67. The van der Waals surface area contributed by atoms with Crippen LogP contribution < -0.4 is 5.32 Å². The molecule has 0 saturated carbocycles. The molecule has 4 aromatic rings. The fourth-order valence-electron chi connectivity index (χ4n) is 5.52. The van der Waals surface area contributed by atoms with Crippen LogP contribution in [0.5, 0.6) is 0 Å². The van der Waals surface area contributed by atoms with Crippen LogP contribution in [-0.2, 0) is 19.4 Å². The Hall–Kier alpha value is -3.38. The van der Waals surface area contributed by atoms with E-state index in [1.54, 1.807) is 12.1 Å². The molecule has 2 aliphatic rings. The minimum absolute atomic E-state index is 0.150. The Balaban J connectivity index is 1.49. The fraction of sp³-hybridized carbons (Fsp3) is 0.276. The van der Waals surface area contributed by atoms with Gasteiger partial charge in [0, 0.05) is 22.3 Å². The summed E-state index contributed by atoms with van der Waals surface area (Å²) in [5.74, 6) is -0.280. The lowest BCUT2D eigenvalue weighted by Gasteiger charge is -2.31. The normalized spacial score (nSPS) is 16.8. The summed E-state index contributed by atoms with van der Waals surface area (Å²) >= 11 is 1.86. The fourth-order valence-corrected chi connectivity index (χ4v) is 6.93. The molecule has 2 aromatic heterocycles. The van der Waals surface area contributed by atoms with E-state index in [0.717, 1.165) is 40.9 Å². The van der Waals surface area contributed by atoms with Crippen molar-refractivity contribution < 1.29 is 9.18 Å². The third-order valence-corrected chi connectivity index (χ3v) is 8.58. The Kier molecular flexibility index (Phi) is 5.49. The van der Waals surface area contributed by atoms with Gasteiger partial charge in [-0.3, -0.25) is 0 Å². The zero-order valence-corrected chi connectivity index (χ0v) is 20.8. The zero-order valence-electron chi connectivity index (χ0n) is 20.0. The summed E-state index contributed by atoms with van der Waals surface area (Å²) in [4.78, 5) is 17.4. The van der Waals surface area contributed by atoms with Gasteiger partial charge in [-0.15, -0.1) is 11.3 Å². The number of nitrogens with zero attached hydrogens (tertiary/aromatic N) is 2. The molecule has 3 heterocycles. The predicted octanol–water partition coefficient (Wildman–Crippen LogP) is 7.31. The number of halogens is 1. The maximum absolute atomic E-state index is 14.0. The Morgan fingerprint density at radius 3 is 2.63 bits per heavy atom. The molecule has 2 aromatic carbocycles. The van der Waals surface area contributed by atoms with Crippen molar-refractivity contribution in [1.29, 1.82) is 0 Å². The van der Waals surface area contributed by atoms with Gasteiger partial charge in [0.15, 0.2) is 0 Å². The molecule has 1 aliphatic carbocycles. The van der Waals surface area contributed by atoms with Gasteiger partial charge in [-0.1, -0.05) is 29.8 Å². The predicted molar refractivity (Wildman–Crippen MR) is 139 cm³/mol. The van der Waals surface area contributed by atoms with E-state index in [9.17, 15) is 9.18 Å². The minimum Gasteiger partial charge on any atom is -0.310 e. The highest BCUT2D eigenvalue weighted by Gasteiger charge is 2.36. The second-order valence-electron chi connectivity index (χ2n) is 9.63. The molecule has 4 nitrogen and oxygen atoms in total. The first-order chi connectivity index (χ1) is 17.0. The Labute approximate surface area is 209 Å². The molecule has 0 saturated heterocycles. The lowest BCUT2D eigenvalue weighted by molar-refractivity contribution is 0.194. The van der Waals surface area contributed by atoms with Crippen molar-refractivity contribution in [2.45, 2.75) is 52.1 Å². The van der Waals surface area contributed by atoms with Crippen molar-refractivity contribution in [2.24, 2.45) is 0 Å². The summed E-state index contributed by atoms with van der Waals surface area (Å²) in [6.45, 7) is 4.58. The van der Waals surface area contributed by atoms with Crippen molar-refractivity contribution in [1.82, 2.24) is 9.47 Å². The number of hydrogen-bond acceptors (Lipinski definition) is 2. The number of hydrogen-bond donors (Lipinski definition) is 1. The Morgan fingerprint density at radius 1 is 1.03 bits per heavy atom. The third kappa shape index (κ3) is 3.86. The van der Waals surface area contributed by atoms with Gasteiger partial charge >= 0.3 is 6.03 Å². The number of aryl methyl sites for hydroxylation is 3. The van der Waals surface area contributed by atoms with Gasteiger partial charge in [0.2, 0.25) is 0 Å². The minimum atomic E-state index is -0.338. The molecular formula is C29H28FN3OS. The number of thiophene rings is 1. The number of aromatic nitrogens is 1. The highest BCUT2D eigenvalue weighted by molar-refractivity contribution is 7.15. The van der Waals surface area contributed by atoms with Gasteiger partial charge in [-0.05, 0) is 86.6 Å². The monoisotopic (exact) mass is 485 g/mol. The molecule has 1 unspecified atom stereocenters. The van der Waals surface area contributed by atoms with E-state index < -0.39 is 0 Å². The first-order valence-corrected chi connectivity index (χ1v) is 13.0. The molecule has 6 heteroatoms. The number of urea groups is 1. The van der Waals surface area contributed by atoms with Crippen LogP contribution in [0.1, 0.15) is 57.3 Å². The number of carbonyl (C=O) groups is 1. The molecule has 35 heavy (non-hydrogen) atoms. The zero-order chi connectivity index (χ0) is 24.1.